The van der Waals surface area contributed by atoms with Crippen molar-refractivity contribution >= 4 is 27.4 Å². The lowest BCUT2D eigenvalue weighted by molar-refractivity contribution is 0.575. The number of sulfonamides is 1. The van der Waals surface area contributed by atoms with E-state index in [-0.39, 0.29) is 16.0 Å². The lowest BCUT2D eigenvalue weighted by atomic mass is 10.1. The van der Waals surface area contributed by atoms with Crippen LogP contribution in [-0.2, 0) is 10.0 Å². The molecule has 5 nitrogen and oxygen atoms in total. The van der Waals surface area contributed by atoms with E-state index in [1.165, 1.54) is 0 Å². The number of thiocarbonyl (C=S) groups is 1. The zero-order chi connectivity index (χ0) is 16.9. The van der Waals surface area contributed by atoms with Crippen molar-refractivity contribution in [3.05, 3.63) is 65.7 Å². The quantitative estimate of drug-likeness (QED) is 0.571. The Labute approximate surface area is 142 Å². The molecule has 0 amide bonds. The van der Waals surface area contributed by atoms with E-state index in [9.17, 15) is 8.42 Å². The van der Waals surface area contributed by atoms with Crippen LogP contribution >= 0.6 is 12.2 Å². The third kappa shape index (κ3) is 5.02. The topological polar surface area (TPSA) is 70.2 Å². The predicted molar refractivity (Wildman–Crippen MR) is 95.2 cm³/mol. The Morgan fingerprint density at radius 1 is 1.04 bits per heavy atom. The van der Waals surface area contributed by atoms with Crippen molar-refractivity contribution in [2.45, 2.75) is 24.8 Å². The van der Waals surface area contributed by atoms with Gasteiger partial charge in [-0.15, -0.1) is 4.83 Å². The van der Waals surface area contributed by atoms with Crippen molar-refractivity contribution in [2.75, 3.05) is 0 Å². The van der Waals surface area contributed by atoms with Crippen LogP contribution in [0.2, 0.25) is 0 Å². The molecule has 0 heterocycles. The standard InChI is InChI=1S/C16H19N3O2S2/c1-12-8-10-15(11-9-12)23(20,21)19-18-16(22)17-13(2)14-6-4-3-5-7-14/h3-11,13,19H,1-2H3,(H2,17,18,22)/t13-/m0/s1. The molecule has 2 aromatic carbocycles. The Hall–Kier alpha value is -1.96. The molecule has 0 radical (unpaired) electrons. The van der Waals surface area contributed by atoms with Gasteiger partial charge in [0.25, 0.3) is 10.0 Å². The molecule has 0 saturated heterocycles. The van der Waals surface area contributed by atoms with Gasteiger partial charge in [-0.25, -0.2) is 8.42 Å². The lowest BCUT2D eigenvalue weighted by Gasteiger charge is -2.17. The van der Waals surface area contributed by atoms with Gasteiger partial charge in [0.15, 0.2) is 5.11 Å². The highest BCUT2D eigenvalue weighted by atomic mass is 32.2. The Balaban J connectivity index is 1.92. The van der Waals surface area contributed by atoms with Crippen LogP contribution in [-0.4, -0.2) is 13.5 Å². The molecule has 2 aromatic rings. The van der Waals surface area contributed by atoms with Gasteiger partial charge < -0.3 is 5.32 Å². The first-order valence-electron chi connectivity index (χ1n) is 7.08. The number of rotatable bonds is 5. The fraction of sp³-hybridized carbons (Fsp3) is 0.188. The van der Waals surface area contributed by atoms with Gasteiger partial charge in [-0.05, 0) is 43.8 Å². The van der Waals surface area contributed by atoms with Crippen molar-refractivity contribution in [3.8, 4) is 0 Å². The first-order valence-corrected chi connectivity index (χ1v) is 8.97. The van der Waals surface area contributed by atoms with E-state index < -0.39 is 10.0 Å². The summed E-state index contributed by atoms with van der Waals surface area (Å²) in [5, 5.41) is 3.23. The molecule has 1 atom stereocenters. The molecule has 0 unspecified atom stereocenters. The molecule has 7 heteroatoms. The van der Waals surface area contributed by atoms with Crippen molar-refractivity contribution in [2.24, 2.45) is 0 Å². The van der Waals surface area contributed by atoms with Crippen molar-refractivity contribution in [3.63, 3.8) is 0 Å². The van der Waals surface area contributed by atoms with E-state index in [1.807, 2.05) is 44.2 Å². The Morgan fingerprint density at radius 2 is 1.65 bits per heavy atom. The van der Waals surface area contributed by atoms with Gasteiger partial charge in [-0.1, -0.05) is 48.0 Å². The van der Waals surface area contributed by atoms with E-state index in [0.29, 0.717) is 0 Å². The molecule has 2 rings (SSSR count). The number of aryl methyl sites for hydroxylation is 1. The molecule has 122 valence electrons. The second-order valence-corrected chi connectivity index (χ2v) is 7.24. The summed E-state index contributed by atoms with van der Waals surface area (Å²) >= 11 is 5.12. The number of hydrogen-bond acceptors (Lipinski definition) is 3. The van der Waals surface area contributed by atoms with E-state index in [1.54, 1.807) is 24.3 Å². The zero-order valence-electron chi connectivity index (χ0n) is 12.9. The number of benzene rings is 2. The highest BCUT2D eigenvalue weighted by Gasteiger charge is 2.14. The number of nitrogens with one attached hydrogen (secondary N) is 3. The average Bonchev–Trinajstić information content (AvgIpc) is 2.54. The molecule has 0 spiro atoms. The number of hydrogen-bond donors (Lipinski definition) is 3. The Kier molecular flexibility index (Phi) is 5.70. The molecule has 0 saturated carbocycles. The van der Waals surface area contributed by atoms with Gasteiger partial charge in [0, 0.05) is 0 Å². The minimum Gasteiger partial charge on any atom is -0.355 e. The molecule has 3 N–H and O–H groups in total. The van der Waals surface area contributed by atoms with E-state index >= 15 is 0 Å². The summed E-state index contributed by atoms with van der Waals surface area (Å²) in [5.74, 6) is 0. The largest absolute Gasteiger partial charge is 0.355 e. The normalized spacial score (nSPS) is 12.4. The maximum atomic E-state index is 12.1. The third-order valence-electron chi connectivity index (χ3n) is 3.28. The van der Waals surface area contributed by atoms with Gasteiger partial charge in [0.2, 0.25) is 0 Å². The van der Waals surface area contributed by atoms with Crippen LogP contribution in [0.15, 0.2) is 59.5 Å². The van der Waals surface area contributed by atoms with Crippen LogP contribution in [0.1, 0.15) is 24.1 Å². The van der Waals surface area contributed by atoms with Gasteiger partial charge in [0.05, 0.1) is 10.9 Å². The van der Waals surface area contributed by atoms with Gasteiger partial charge in [0.1, 0.15) is 0 Å². The molecule has 0 aliphatic rings. The van der Waals surface area contributed by atoms with Crippen LogP contribution in [0.4, 0.5) is 0 Å². The number of hydrazine groups is 1. The van der Waals surface area contributed by atoms with E-state index in [2.05, 4.69) is 15.6 Å². The van der Waals surface area contributed by atoms with Crippen LogP contribution in [0.3, 0.4) is 0 Å². The van der Waals surface area contributed by atoms with E-state index in [0.717, 1.165) is 11.1 Å². The van der Waals surface area contributed by atoms with Crippen molar-refractivity contribution in [1.29, 1.82) is 0 Å². The maximum Gasteiger partial charge on any atom is 0.257 e. The Bertz CT molecular complexity index is 760. The second kappa shape index (κ2) is 7.54. The molecule has 23 heavy (non-hydrogen) atoms. The highest BCUT2D eigenvalue weighted by Crippen LogP contribution is 2.11. The van der Waals surface area contributed by atoms with E-state index in [4.69, 9.17) is 12.2 Å². The van der Waals surface area contributed by atoms with Crippen molar-refractivity contribution in [1.82, 2.24) is 15.6 Å². The minimum absolute atomic E-state index is 0.0416. The summed E-state index contributed by atoms with van der Waals surface area (Å²) in [6.07, 6.45) is 0. The summed E-state index contributed by atoms with van der Waals surface area (Å²) in [7, 11) is -3.66. The monoisotopic (exact) mass is 349 g/mol. The first kappa shape index (κ1) is 17.4. The molecule has 0 aromatic heterocycles. The zero-order valence-corrected chi connectivity index (χ0v) is 14.5. The lowest BCUT2D eigenvalue weighted by Crippen LogP contribution is -2.47. The third-order valence-corrected chi connectivity index (χ3v) is 4.76. The SMILES string of the molecule is Cc1ccc(S(=O)(=O)NNC(=S)N[C@@H](C)c2ccccc2)cc1. The molecular formula is C16H19N3O2S2. The van der Waals surface area contributed by atoms with Gasteiger partial charge in [-0.3, -0.25) is 5.43 Å². The molecule has 0 aliphatic heterocycles. The highest BCUT2D eigenvalue weighted by molar-refractivity contribution is 7.89. The minimum atomic E-state index is -3.66. The van der Waals surface area contributed by atoms with Gasteiger partial charge in [-0.2, -0.15) is 0 Å². The molecule has 0 bridgehead atoms. The van der Waals surface area contributed by atoms with Crippen LogP contribution in [0, 0.1) is 6.92 Å². The fourth-order valence-electron chi connectivity index (χ4n) is 1.95. The molecular weight excluding hydrogens is 330 g/mol. The molecule has 0 aliphatic carbocycles. The average molecular weight is 349 g/mol. The maximum absolute atomic E-state index is 12.1. The summed E-state index contributed by atoms with van der Waals surface area (Å²) < 4.78 is 24.3. The Morgan fingerprint density at radius 3 is 2.26 bits per heavy atom. The first-order chi connectivity index (χ1) is 10.9. The van der Waals surface area contributed by atoms with Crippen molar-refractivity contribution < 1.29 is 8.42 Å². The summed E-state index contributed by atoms with van der Waals surface area (Å²) in [4.78, 5) is 2.45. The fourth-order valence-corrected chi connectivity index (χ4v) is 3.09. The molecule has 0 fully saturated rings. The smallest absolute Gasteiger partial charge is 0.257 e. The summed E-state index contributed by atoms with van der Waals surface area (Å²) in [5.41, 5.74) is 4.56. The van der Waals surface area contributed by atoms with Crippen LogP contribution in [0.5, 0.6) is 0 Å². The van der Waals surface area contributed by atoms with Gasteiger partial charge >= 0.3 is 0 Å². The van der Waals surface area contributed by atoms with Crippen LogP contribution in [0.25, 0.3) is 0 Å². The van der Waals surface area contributed by atoms with Crippen LogP contribution < -0.4 is 15.6 Å². The second-order valence-electron chi connectivity index (χ2n) is 5.15. The summed E-state index contributed by atoms with van der Waals surface area (Å²) in [6.45, 7) is 3.84. The predicted octanol–water partition coefficient (Wildman–Crippen LogP) is 2.41. The summed E-state index contributed by atoms with van der Waals surface area (Å²) in [6, 6.07) is 16.3.